The molecule has 7 N–H and O–H groups in total. The van der Waals surface area contributed by atoms with Crippen molar-refractivity contribution in [2.45, 2.75) is 6.42 Å². The number of pyridine rings is 1. The van der Waals surface area contributed by atoms with Gasteiger partial charge in [-0.15, -0.1) is 0 Å². The largest absolute Gasteiger partial charge is 0.369 e. The molecule has 0 atom stereocenters. The van der Waals surface area contributed by atoms with Gasteiger partial charge in [-0.3, -0.25) is 14.6 Å². The maximum atomic E-state index is 12.2. The minimum atomic E-state index is -0.396. The number of nitrogens with zero attached hydrogens (tertiary/aromatic N) is 2. The number of aromatic nitrogens is 4. The molecule has 0 aliphatic heterocycles. The van der Waals surface area contributed by atoms with Crippen molar-refractivity contribution in [1.29, 1.82) is 0 Å². The zero-order chi connectivity index (χ0) is 22.5. The summed E-state index contributed by atoms with van der Waals surface area (Å²) in [5.74, 6) is 0.194. The van der Waals surface area contributed by atoms with Crippen LogP contribution in [0.1, 0.15) is 16.1 Å². The summed E-state index contributed by atoms with van der Waals surface area (Å²) >= 11 is 0. The zero-order valence-electron chi connectivity index (χ0n) is 16.8. The molecule has 32 heavy (non-hydrogen) atoms. The highest BCUT2D eigenvalue weighted by molar-refractivity contribution is 6.04. The number of nitrogens with two attached hydrogens (primary N) is 1. The molecule has 0 aliphatic carbocycles. The van der Waals surface area contributed by atoms with Crippen molar-refractivity contribution in [3.05, 3.63) is 76.3 Å². The second-order valence-corrected chi connectivity index (χ2v) is 6.89. The summed E-state index contributed by atoms with van der Waals surface area (Å²) in [5, 5.41) is 8.53. The summed E-state index contributed by atoms with van der Waals surface area (Å²) < 4.78 is 0. The van der Waals surface area contributed by atoms with E-state index in [1.807, 2.05) is 0 Å². The molecule has 3 aromatic heterocycles. The van der Waals surface area contributed by atoms with Crippen LogP contribution in [-0.2, 0) is 6.42 Å². The van der Waals surface area contributed by atoms with Crippen LogP contribution in [0.2, 0.25) is 0 Å². The van der Waals surface area contributed by atoms with Gasteiger partial charge in [0.25, 0.3) is 11.5 Å². The maximum absolute atomic E-state index is 12.2. The average molecular weight is 432 g/mol. The molecule has 0 saturated heterocycles. The van der Waals surface area contributed by atoms with Crippen LogP contribution in [0.15, 0.2) is 59.5 Å². The van der Waals surface area contributed by atoms with E-state index < -0.39 is 6.03 Å². The smallest absolute Gasteiger partial charge is 0.319 e. The van der Waals surface area contributed by atoms with E-state index in [0.717, 1.165) is 5.69 Å². The number of anilines is 3. The van der Waals surface area contributed by atoms with Crippen LogP contribution in [0.4, 0.5) is 22.2 Å². The number of rotatable bonds is 6. The molecule has 0 spiro atoms. The van der Waals surface area contributed by atoms with Gasteiger partial charge in [-0.25, -0.2) is 9.78 Å². The lowest BCUT2D eigenvalue weighted by Gasteiger charge is -2.08. The predicted octanol–water partition coefficient (Wildman–Crippen LogP) is 1.84. The van der Waals surface area contributed by atoms with Crippen LogP contribution in [0.3, 0.4) is 0 Å². The summed E-state index contributed by atoms with van der Waals surface area (Å²) in [6.45, 7) is 0.330. The number of amides is 3. The molecule has 3 heterocycles. The first-order valence-corrected chi connectivity index (χ1v) is 9.72. The molecule has 0 saturated carbocycles. The van der Waals surface area contributed by atoms with E-state index in [1.165, 1.54) is 0 Å². The van der Waals surface area contributed by atoms with E-state index in [4.69, 9.17) is 5.73 Å². The summed E-state index contributed by atoms with van der Waals surface area (Å²) in [7, 11) is 0. The highest BCUT2D eigenvalue weighted by Gasteiger charge is 2.09. The monoisotopic (exact) mass is 432 g/mol. The van der Waals surface area contributed by atoms with Crippen molar-refractivity contribution in [2.75, 3.05) is 22.9 Å². The van der Waals surface area contributed by atoms with Crippen LogP contribution < -0.4 is 27.2 Å². The number of nitrogen functional groups attached to an aromatic ring is 1. The van der Waals surface area contributed by atoms with Gasteiger partial charge in [0.15, 0.2) is 0 Å². The number of nitrogens with one attached hydrogen (secondary N) is 5. The number of hydrogen-bond acceptors (Lipinski definition) is 6. The number of benzene rings is 1. The predicted molar refractivity (Wildman–Crippen MR) is 120 cm³/mol. The van der Waals surface area contributed by atoms with E-state index in [-0.39, 0.29) is 17.4 Å². The van der Waals surface area contributed by atoms with Crippen LogP contribution in [0.25, 0.3) is 11.0 Å². The van der Waals surface area contributed by atoms with E-state index in [2.05, 4.69) is 35.9 Å². The van der Waals surface area contributed by atoms with Gasteiger partial charge in [-0.05, 0) is 42.5 Å². The molecule has 0 radical (unpaired) electrons. The molecular formula is C21H20N8O3. The molecule has 162 valence electrons. The molecule has 4 aromatic rings. The lowest BCUT2D eigenvalue weighted by atomic mass is 10.2. The fraction of sp³-hybridized carbons (Fsp3) is 0.0952. The molecule has 0 unspecified atom stereocenters. The van der Waals surface area contributed by atoms with E-state index in [1.54, 1.807) is 54.7 Å². The van der Waals surface area contributed by atoms with Gasteiger partial charge in [0.1, 0.15) is 11.5 Å². The minimum absolute atomic E-state index is 0.0358. The standard InChI is InChI=1S/C21H20N8O3/c22-20-28-17-15(19(31)29-20)11-14(25-17)8-10-24-21(32)26-13-6-4-12(5-7-13)18(30)27-16-3-1-2-9-23-16/h1-7,9,11H,8,10H2,(H,23,27,30)(H2,24,26,32)(H4,22,25,28,29,31). The number of H-pyrrole nitrogens is 2. The molecule has 3 amide bonds. The van der Waals surface area contributed by atoms with Gasteiger partial charge in [-0.1, -0.05) is 6.07 Å². The lowest BCUT2D eigenvalue weighted by Crippen LogP contribution is -2.30. The Balaban J connectivity index is 1.27. The van der Waals surface area contributed by atoms with Crippen LogP contribution in [0.5, 0.6) is 0 Å². The number of carbonyl (C=O) groups is 2. The molecular weight excluding hydrogens is 412 g/mol. The van der Waals surface area contributed by atoms with Gasteiger partial charge in [0, 0.05) is 36.1 Å². The quantitative estimate of drug-likeness (QED) is 0.271. The lowest BCUT2D eigenvalue weighted by molar-refractivity contribution is 0.102. The van der Waals surface area contributed by atoms with Gasteiger partial charge in [0.05, 0.1) is 5.39 Å². The third-order valence-electron chi connectivity index (χ3n) is 4.56. The Morgan fingerprint density at radius 3 is 2.59 bits per heavy atom. The fourth-order valence-electron chi connectivity index (χ4n) is 3.04. The average Bonchev–Trinajstić information content (AvgIpc) is 3.18. The van der Waals surface area contributed by atoms with Crippen molar-refractivity contribution in [3.8, 4) is 0 Å². The second-order valence-electron chi connectivity index (χ2n) is 6.89. The Bertz CT molecular complexity index is 1310. The first kappa shape index (κ1) is 20.6. The first-order valence-electron chi connectivity index (χ1n) is 9.72. The maximum Gasteiger partial charge on any atom is 0.319 e. The number of carbonyl (C=O) groups excluding carboxylic acids is 2. The third kappa shape index (κ3) is 4.90. The second kappa shape index (κ2) is 9.00. The van der Waals surface area contributed by atoms with Gasteiger partial charge < -0.3 is 26.7 Å². The molecule has 0 aliphatic rings. The summed E-state index contributed by atoms with van der Waals surface area (Å²) in [6.07, 6.45) is 2.06. The number of aromatic amines is 2. The normalized spacial score (nSPS) is 10.6. The molecule has 0 fully saturated rings. The van der Waals surface area contributed by atoms with Crippen molar-refractivity contribution in [2.24, 2.45) is 0 Å². The van der Waals surface area contributed by atoms with E-state index in [9.17, 15) is 14.4 Å². The van der Waals surface area contributed by atoms with Crippen LogP contribution in [0, 0.1) is 0 Å². The molecule has 0 bridgehead atoms. The highest BCUT2D eigenvalue weighted by atomic mass is 16.2. The molecule has 4 rings (SSSR count). The van der Waals surface area contributed by atoms with Crippen molar-refractivity contribution < 1.29 is 9.59 Å². The Morgan fingerprint density at radius 1 is 1.03 bits per heavy atom. The number of urea groups is 1. The van der Waals surface area contributed by atoms with E-state index in [0.29, 0.717) is 41.1 Å². The van der Waals surface area contributed by atoms with Crippen LogP contribution in [-0.4, -0.2) is 38.4 Å². The fourth-order valence-corrected chi connectivity index (χ4v) is 3.04. The van der Waals surface area contributed by atoms with Gasteiger partial charge in [0.2, 0.25) is 5.95 Å². The van der Waals surface area contributed by atoms with Gasteiger partial charge in [-0.2, -0.15) is 4.98 Å². The van der Waals surface area contributed by atoms with E-state index >= 15 is 0 Å². The van der Waals surface area contributed by atoms with Gasteiger partial charge >= 0.3 is 6.03 Å². The SMILES string of the molecule is Nc1nc2[nH]c(CCNC(=O)Nc3ccc(C(=O)Nc4ccccn4)cc3)cc2c(=O)[nH]1. The highest BCUT2D eigenvalue weighted by Crippen LogP contribution is 2.12. The Morgan fingerprint density at radius 2 is 1.84 bits per heavy atom. The summed E-state index contributed by atoms with van der Waals surface area (Å²) in [6, 6.07) is 13.0. The minimum Gasteiger partial charge on any atom is -0.369 e. The van der Waals surface area contributed by atoms with Crippen LogP contribution >= 0.6 is 0 Å². The number of fused-ring (bicyclic) bond motifs is 1. The topological polar surface area (TPSA) is 171 Å². The Labute approximate surface area is 181 Å². The zero-order valence-corrected chi connectivity index (χ0v) is 16.8. The molecule has 1 aromatic carbocycles. The first-order chi connectivity index (χ1) is 15.5. The van der Waals surface area contributed by atoms with Crippen molar-refractivity contribution in [3.63, 3.8) is 0 Å². The summed E-state index contributed by atoms with van der Waals surface area (Å²) in [4.78, 5) is 49.7. The summed E-state index contributed by atoms with van der Waals surface area (Å²) in [5.41, 5.74) is 7.32. The van der Waals surface area contributed by atoms with Crippen molar-refractivity contribution >= 4 is 40.4 Å². The van der Waals surface area contributed by atoms with Crippen molar-refractivity contribution in [1.82, 2.24) is 25.3 Å². The Hall–Kier alpha value is -4.67. The Kier molecular flexibility index (Phi) is 5.79. The third-order valence-corrected chi connectivity index (χ3v) is 4.56. The molecule has 11 heteroatoms. The number of hydrogen-bond donors (Lipinski definition) is 6. The molecule has 11 nitrogen and oxygen atoms in total.